The Balaban J connectivity index is 1.72. The van der Waals surface area contributed by atoms with E-state index in [1.807, 2.05) is 74.5 Å². The van der Waals surface area contributed by atoms with Crippen LogP contribution in [0.2, 0.25) is 0 Å². The lowest BCUT2D eigenvalue weighted by atomic mass is 10.2. The van der Waals surface area contributed by atoms with Crippen LogP contribution in [0, 0.1) is 0 Å². The van der Waals surface area contributed by atoms with Crippen LogP contribution < -0.4 is 4.90 Å². The lowest BCUT2D eigenvalue weighted by Gasteiger charge is -2.21. The minimum absolute atomic E-state index is 0.143. The van der Waals surface area contributed by atoms with Crippen LogP contribution in [0.3, 0.4) is 0 Å². The highest BCUT2D eigenvalue weighted by Crippen LogP contribution is 2.24. The number of amides is 1. The number of rotatable bonds is 5. The van der Waals surface area contributed by atoms with E-state index in [4.69, 9.17) is 0 Å². The molecule has 7 heteroatoms. The van der Waals surface area contributed by atoms with Crippen LogP contribution in [0.1, 0.15) is 41.0 Å². The molecule has 6 nitrogen and oxygen atoms in total. The first kappa shape index (κ1) is 17.4. The van der Waals surface area contributed by atoms with Crippen LogP contribution in [0.15, 0.2) is 60.7 Å². The summed E-state index contributed by atoms with van der Waals surface area (Å²) in [5, 5.41) is 13.2. The van der Waals surface area contributed by atoms with Gasteiger partial charge in [0.1, 0.15) is 0 Å². The van der Waals surface area contributed by atoms with Crippen LogP contribution >= 0.6 is 11.3 Å². The lowest BCUT2D eigenvalue weighted by molar-refractivity contribution is 0.0983. The van der Waals surface area contributed by atoms with Gasteiger partial charge in [0.05, 0.1) is 6.54 Å². The topological polar surface area (TPSA) is 63.4 Å². The van der Waals surface area contributed by atoms with E-state index in [1.54, 1.807) is 9.42 Å². The van der Waals surface area contributed by atoms with Crippen molar-refractivity contribution in [1.29, 1.82) is 0 Å². The van der Waals surface area contributed by atoms with Crippen molar-refractivity contribution in [2.75, 3.05) is 4.90 Å². The largest absolute Gasteiger partial charge is 0.302 e. The zero-order valence-electron chi connectivity index (χ0n) is 15.1. The number of benzene rings is 2. The van der Waals surface area contributed by atoms with E-state index in [9.17, 15) is 4.79 Å². The number of hydrogen-bond acceptors (Lipinski definition) is 5. The Hall–Kier alpha value is -3.06. The van der Waals surface area contributed by atoms with E-state index in [0.29, 0.717) is 16.5 Å². The summed E-state index contributed by atoms with van der Waals surface area (Å²) in [5.74, 6) is 0.796. The minimum atomic E-state index is -0.143. The summed E-state index contributed by atoms with van der Waals surface area (Å²) in [7, 11) is 0. The smallest absolute Gasteiger partial charge is 0.289 e. The Bertz CT molecular complexity index is 1060. The standard InChI is InChI=1S/C20H19N5OS/c1-14(2)17-21-22-20-25(17)23-18(27-20)19(26)24(16-11-7-4-8-12-16)13-15-9-5-3-6-10-15/h3-12,14H,13H2,1-2H3. The Morgan fingerprint density at radius 3 is 2.37 bits per heavy atom. The molecule has 0 saturated carbocycles. The van der Waals surface area contributed by atoms with E-state index >= 15 is 0 Å². The molecule has 0 bridgehead atoms. The van der Waals surface area contributed by atoms with Crippen LogP contribution in [0.4, 0.5) is 5.69 Å². The molecule has 4 aromatic rings. The molecule has 4 rings (SSSR count). The average Bonchev–Trinajstić information content (AvgIpc) is 3.28. The summed E-state index contributed by atoms with van der Waals surface area (Å²) in [4.78, 5) is 15.7. The van der Waals surface area contributed by atoms with E-state index in [1.165, 1.54) is 11.3 Å². The Morgan fingerprint density at radius 1 is 1.04 bits per heavy atom. The van der Waals surface area contributed by atoms with Crippen LogP contribution in [0.5, 0.6) is 0 Å². The van der Waals surface area contributed by atoms with Gasteiger partial charge in [-0.15, -0.1) is 15.3 Å². The molecule has 0 N–H and O–H groups in total. The quantitative estimate of drug-likeness (QED) is 0.524. The number of hydrogen-bond donors (Lipinski definition) is 0. The van der Waals surface area contributed by atoms with Gasteiger partial charge in [-0.1, -0.05) is 73.7 Å². The molecular weight excluding hydrogens is 358 g/mol. The van der Waals surface area contributed by atoms with Gasteiger partial charge < -0.3 is 4.90 Å². The molecule has 0 radical (unpaired) electrons. The number of nitrogens with zero attached hydrogens (tertiary/aromatic N) is 5. The van der Waals surface area contributed by atoms with Crippen molar-refractivity contribution in [2.24, 2.45) is 0 Å². The normalized spacial score (nSPS) is 11.2. The zero-order valence-corrected chi connectivity index (χ0v) is 15.9. The summed E-state index contributed by atoms with van der Waals surface area (Å²) < 4.78 is 1.67. The second-order valence-corrected chi connectivity index (χ2v) is 7.48. The van der Waals surface area contributed by atoms with Gasteiger partial charge in [-0.25, -0.2) is 0 Å². The summed E-state index contributed by atoms with van der Waals surface area (Å²) >= 11 is 1.26. The number of aromatic nitrogens is 4. The van der Waals surface area contributed by atoms with Crippen molar-refractivity contribution in [2.45, 2.75) is 26.3 Å². The van der Waals surface area contributed by atoms with Gasteiger partial charge in [-0.3, -0.25) is 4.79 Å². The predicted molar refractivity (Wildman–Crippen MR) is 106 cm³/mol. The van der Waals surface area contributed by atoms with Crippen molar-refractivity contribution in [1.82, 2.24) is 19.8 Å². The monoisotopic (exact) mass is 377 g/mol. The van der Waals surface area contributed by atoms with Crippen molar-refractivity contribution in [3.63, 3.8) is 0 Å². The van der Waals surface area contributed by atoms with Crippen molar-refractivity contribution in [3.05, 3.63) is 77.1 Å². The molecule has 0 aliphatic heterocycles. The summed E-state index contributed by atoms with van der Waals surface area (Å²) in [5.41, 5.74) is 1.89. The molecule has 2 heterocycles. The first-order chi connectivity index (χ1) is 13.1. The number of para-hydroxylation sites is 1. The van der Waals surface area contributed by atoms with Crippen LogP contribution in [0.25, 0.3) is 4.96 Å². The first-order valence-electron chi connectivity index (χ1n) is 8.76. The van der Waals surface area contributed by atoms with Crippen molar-refractivity contribution in [3.8, 4) is 0 Å². The molecular formula is C20H19N5OS. The molecule has 1 amide bonds. The van der Waals surface area contributed by atoms with E-state index in [-0.39, 0.29) is 11.8 Å². The molecule has 0 spiro atoms. The molecule has 0 aliphatic carbocycles. The Labute approximate surface area is 161 Å². The number of carbonyl (C=O) groups excluding carboxylic acids is 1. The van der Waals surface area contributed by atoms with Gasteiger partial charge in [0.15, 0.2) is 5.82 Å². The molecule has 0 saturated heterocycles. The highest BCUT2D eigenvalue weighted by Gasteiger charge is 2.24. The van der Waals surface area contributed by atoms with Crippen LogP contribution in [-0.4, -0.2) is 25.7 Å². The van der Waals surface area contributed by atoms with E-state index in [0.717, 1.165) is 17.1 Å². The van der Waals surface area contributed by atoms with Crippen molar-refractivity contribution >= 4 is 27.9 Å². The van der Waals surface area contributed by atoms with E-state index < -0.39 is 0 Å². The van der Waals surface area contributed by atoms with Gasteiger partial charge in [-0.2, -0.15) is 4.52 Å². The maximum absolute atomic E-state index is 13.3. The molecule has 27 heavy (non-hydrogen) atoms. The zero-order chi connectivity index (χ0) is 18.8. The highest BCUT2D eigenvalue weighted by atomic mass is 32.1. The number of carbonyl (C=O) groups is 1. The SMILES string of the molecule is CC(C)c1nnc2sc(C(=O)N(Cc3ccccc3)c3ccccc3)nn12. The van der Waals surface area contributed by atoms with Gasteiger partial charge in [0.25, 0.3) is 5.91 Å². The summed E-state index contributed by atoms with van der Waals surface area (Å²) in [6.07, 6.45) is 0. The Kier molecular flexibility index (Phi) is 4.68. The van der Waals surface area contributed by atoms with Crippen molar-refractivity contribution < 1.29 is 4.79 Å². The summed E-state index contributed by atoms with van der Waals surface area (Å²) in [6, 6.07) is 19.6. The third kappa shape index (κ3) is 3.46. The molecule has 0 atom stereocenters. The third-order valence-electron chi connectivity index (χ3n) is 4.21. The fourth-order valence-corrected chi connectivity index (χ4v) is 3.64. The molecule has 0 unspecified atom stereocenters. The fourth-order valence-electron chi connectivity index (χ4n) is 2.85. The molecule has 2 aromatic heterocycles. The number of anilines is 1. The maximum Gasteiger partial charge on any atom is 0.289 e. The third-order valence-corrected chi connectivity index (χ3v) is 5.10. The Morgan fingerprint density at radius 2 is 1.70 bits per heavy atom. The lowest BCUT2D eigenvalue weighted by Crippen LogP contribution is -2.30. The molecule has 0 aliphatic rings. The van der Waals surface area contributed by atoms with Gasteiger partial charge in [-0.05, 0) is 17.7 Å². The predicted octanol–water partition coefficient (Wildman–Crippen LogP) is 4.16. The first-order valence-corrected chi connectivity index (χ1v) is 9.58. The minimum Gasteiger partial charge on any atom is -0.302 e. The molecule has 136 valence electrons. The molecule has 0 fully saturated rings. The highest BCUT2D eigenvalue weighted by molar-refractivity contribution is 7.18. The maximum atomic E-state index is 13.3. The van der Waals surface area contributed by atoms with Gasteiger partial charge >= 0.3 is 0 Å². The molecule has 2 aromatic carbocycles. The fraction of sp³-hybridized carbons (Fsp3) is 0.200. The van der Waals surface area contributed by atoms with Gasteiger partial charge in [0.2, 0.25) is 9.97 Å². The van der Waals surface area contributed by atoms with Gasteiger partial charge in [0, 0.05) is 11.6 Å². The summed E-state index contributed by atoms with van der Waals surface area (Å²) in [6.45, 7) is 4.53. The number of fused-ring (bicyclic) bond motifs is 1. The average molecular weight is 377 g/mol. The second kappa shape index (κ2) is 7.28. The van der Waals surface area contributed by atoms with Crippen LogP contribution in [-0.2, 0) is 6.54 Å². The van der Waals surface area contributed by atoms with E-state index in [2.05, 4.69) is 15.3 Å². The second-order valence-electron chi connectivity index (χ2n) is 6.53.